The Morgan fingerprint density at radius 2 is 1.85 bits per heavy atom. The van der Waals surface area contributed by atoms with Gasteiger partial charge in [-0.25, -0.2) is 4.79 Å². The Bertz CT molecular complexity index is 813. The van der Waals surface area contributed by atoms with E-state index in [1.54, 1.807) is 0 Å². The molecule has 0 aliphatic heterocycles. The molecule has 3 rings (SSSR count). The number of urea groups is 1. The number of amides is 2. The number of ether oxygens (including phenoxy) is 1. The van der Waals surface area contributed by atoms with E-state index in [2.05, 4.69) is 41.9 Å². The van der Waals surface area contributed by atoms with Gasteiger partial charge in [-0.15, -0.1) is 0 Å². The Kier molecular flexibility index (Phi) is 5.84. The van der Waals surface area contributed by atoms with Crippen LogP contribution in [0, 0.1) is 25.7 Å². The second-order valence-corrected chi connectivity index (χ2v) is 7.39. The first-order valence-electron chi connectivity index (χ1n) is 9.49. The number of hydrogen-bond acceptors (Lipinski definition) is 2. The van der Waals surface area contributed by atoms with Gasteiger partial charge in [0.2, 0.25) is 0 Å². The molecule has 2 aliphatic carbocycles. The van der Waals surface area contributed by atoms with Crippen molar-refractivity contribution in [3.63, 3.8) is 0 Å². The van der Waals surface area contributed by atoms with Crippen molar-refractivity contribution in [2.24, 2.45) is 11.8 Å². The lowest BCUT2D eigenvalue weighted by molar-refractivity contribution is 0.228. The molecule has 3 unspecified atom stereocenters. The number of benzene rings is 1. The Morgan fingerprint density at radius 1 is 1.15 bits per heavy atom. The lowest BCUT2D eigenvalue weighted by atomic mass is 9.79. The molecule has 1 aromatic rings. The molecule has 0 saturated heterocycles. The molecule has 2 aliphatic rings. The lowest BCUT2D eigenvalue weighted by Gasteiger charge is -2.29. The number of allylic oxidation sites excluding steroid dienone is 7. The number of carbonyl (C=O) groups is 1. The van der Waals surface area contributed by atoms with Crippen LogP contribution in [0.2, 0.25) is 0 Å². The molecule has 2 N–H and O–H groups in total. The molecule has 0 radical (unpaired) electrons. The normalized spacial score (nSPS) is 21.6. The fraction of sp³-hybridized carbons (Fsp3) is 0.348. The summed E-state index contributed by atoms with van der Waals surface area (Å²) in [5.41, 5.74) is 4.22. The smallest absolute Gasteiger partial charge is 0.319 e. The fourth-order valence-corrected chi connectivity index (χ4v) is 3.54. The summed E-state index contributed by atoms with van der Waals surface area (Å²) in [4.78, 5) is 12.4. The Hall–Kier alpha value is -2.75. The standard InChI is InChI=1S/C23H28N2O2/c1-15-8-6-12-20-19(15)11-7-13-21(20)25-23(26)24-18(4)14-27-22-16(2)9-5-10-17(22)3/h5-13,15,18-19H,14H2,1-4H3,(H2,24,25,26). The summed E-state index contributed by atoms with van der Waals surface area (Å²) in [6, 6.07) is 5.75. The Morgan fingerprint density at radius 3 is 2.59 bits per heavy atom. The van der Waals surface area contributed by atoms with E-state index in [9.17, 15) is 4.79 Å². The summed E-state index contributed by atoms with van der Waals surface area (Å²) in [5, 5.41) is 5.95. The highest BCUT2D eigenvalue weighted by atomic mass is 16.5. The van der Waals surface area contributed by atoms with Gasteiger partial charge in [0.25, 0.3) is 0 Å². The molecule has 1 aromatic carbocycles. The van der Waals surface area contributed by atoms with Gasteiger partial charge < -0.3 is 15.4 Å². The van der Waals surface area contributed by atoms with Crippen molar-refractivity contribution in [1.29, 1.82) is 0 Å². The number of aryl methyl sites for hydroxylation is 2. The molecule has 0 saturated carbocycles. The van der Waals surface area contributed by atoms with Crippen molar-refractivity contribution >= 4 is 6.03 Å². The van der Waals surface area contributed by atoms with Gasteiger partial charge in [-0.2, -0.15) is 0 Å². The Labute approximate surface area is 161 Å². The molecular formula is C23H28N2O2. The third-order valence-corrected chi connectivity index (χ3v) is 5.02. The number of rotatable bonds is 5. The van der Waals surface area contributed by atoms with Crippen LogP contribution in [0.4, 0.5) is 4.79 Å². The molecule has 0 aromatic heterocycles. The van der Waals surface area contributed by atoms with Gasteiger partial charge >= 0.3 is 6.03 Å². The molecule has 4 nitrogen and oxygen atoms in total. The Balaban J connectivity index is 1.55. The fourth-order valence-electron chi connectivity index (χ4n) is 3.54. The average Bonchev–Trinajstić information content (AvgIpc) is 2.62. The maximum atomic E-state index is 12.4. The molecule has 142 valence electrons. The third-order valence-electron chi connectivity index (χ3n) is 5.02. The first-order chi connectivity index (χ1) is 13.0. The van der Waals surface area contributed by atoms with E-state index < -0.39 is 0 Å². The van der Waals surface area contributed by atoms with Crippen molar-refractivity contribution in [2.45, 2.75) is 33.7 Å². The van der Waals surface area contributed by atoms with E-state index in [0.717, 1.165) is 28.1 Å². The van der Waals surface area contributed by atoms with Crippen molar-refractivity contribution in [3.8, 4) is 5.75 Å². The number of carbonyl (C=O) groups excluding carboxylic acids is 1. The van der Waals surface area contributed by atoms with Crippen molar-refractivity contribution in [1.82, 2.24) is 10.6 Å². The van der Waals surface area contributed by atoms with Crippen molar-refractivity contribution in [2.75, 3.05) is 6.61 Å². The van der Waals surface area contributed by atoms with E-state index in [0.29, 0.717) is 18.4 Å². The van der Waals surface area contributed by atoms with Gasteiger partial charge in [0.1, 0.15) is 12.4 Å². The summed E-state index contributed by atoms with van der Waals surface area (Å²) < 4.78 is 5.93. The van der Waals surface area contributed by atoms with Crippen LogP contribution in [-0.2, 0) is 0 Å². The SMILES string of the molecule is Cc1cccc(C)c1OCC(C)NC(=O)NC1=CC=CC2C1=CC=CC2C. The lowest BCUT2D eigenvalue weighted by Crippen LogP contribution is -2.43. The van der Waals surface area contributed by atoms with Gasteiger partial charge in [-0.05, 0) is 49.5 Å². The molecule has 0 spiro atoms. The number of nitrogens with one attached hydrogen (secondary N) is 2. The molecule has 0 fully saturated rings. The summed E-state index contributed by atoms with van der Waals surface area (Å²) in [7, 11) is 0. The zero-order valence-corrected chi connectivity index (χ0v) is 16.5. The first-order valence-corrected chi connectivity index (χ1v) is 9.49. The van der Waals surface area contributed by atoms with Crippen LogP contribution in [0.5, 0.6) is 5.75 Å². The van der Waals surface area contributed by atoms with E-state index in [4.69, 9.17) is 4.74 Å². The van der Waals surface area contributed by atoms with Gasteiger partial charge in [0, 0.05) is 11.6 Å². The minimum atomic E-state index is -0.212. The largest absolute Gasteiger partial charge is 0.491 e. The average molecular weight is 364 g/mol. The highest BCUT2D eigenvalue weighted by molar-refractivity contribution is 5.77. The summed E-state index contributed by atoms with van der Waals surface area (Å²) >= 11 is 0. The molecule has 2 amide bonds. The zero-order chi connectivity index (χ0) is 19.4. The van der Waals surface area contributed by atoms with Gasteiger partial charge in [0.05, 0.1) is 6.04 Å². The molecule has 3 atom stereocenters. The highest BCUT2D eigenvalue weighted by Crippen LogP contribution is 2.33. The predicted molar refractivity (Wildman–Crippen MR) is 110 cm³/mol. The van der Waals surface area contributed by atoms with Crippen LogP contribution in [0.25, 0.3) is 0 Å². The van der Waals surface area contributed by atoms with E-state index in [1.807, 2.05) is 51.1 Å². The number of hydrogen-bond donors (Lipinski definition) is 2. The third kappa shape index (κ3) is 4.51. The molecular weight excluding hydrogens is 336 g/mol. The van der Waals surface area contributed by atoms with Crippen molar-refractivity contribution in [3.05, 3.63) is 77.1 Å². The monoisotopic (exact) mass is 364 g/mol. The van der Waals surface area contributed by atoms with Crippen LogP contribution >= 0.6 is 0 Å². The van der Waals surface area contributed by atoms with E-state index in [-0.39, 0.29) is 12.1 Å². The van der Waals surface area contributed by atoms with Crippen LogP contribution in [0.1, 0.15) is 25.0 Å². The quantitative estimate of drug-likeness (QED) is 0.804. The van der Waals surface area contributed by atoms with Gasteiger partial charge in [-0.1, -0.05) is 55.5 Å². The van der Waals surface area contributed by atoms with Gasteiger partial charge in [0.15, 0.2) is 0 Å². The summed E-state index contributed by atoms with van der Waals surface area (Å²) in [5.74, 6) is 1.64. The van der Waals surface area contributed by atoms with Crippen LogP contribution < -0.4 is 15.4 Å². The summed E-state index contributed by atoms with van der Waals surface area (Å²) in [6.45, 7) is 8.60. The highest BCUT2D eigenvalue weighted by Gasteiger charge is 2.25. The molecule has 0 heterocycles. The van der Waals surface area contributed by atoms with E-state index >= 15 is 0 Å². The number of para-hydroxylation sites is 1. The van der Waals surface area contributed by atoms with Crippen LogP contribution in [-0.4, -0.2) is 18.7 Å². The maximum absolute atomic E-state index is 12.4. The molecule has 4 heteroatoms. The second-order valence-electron chi connectivity index (χ2n) is 7.39. The van der Waals surface area contributed by atoms with Crippen LogP contribution in [0.15, 0.2) is 65.9 Å². The first kappa shape index (κ1) is 19.0. The summed E-state index contributed by atoms with van der Waals surface area (Å²) in [6.07, 6.45) is 12.5. The van der Waals surface area contributed by atoms with E-state index in [1.165, 1.54) is 0 Å². The zero-order valence-electron chi connectivity index (χ0n) is 16.5. The van der Waals surface area contributed by atoms with Crippen LogP contribution in [0.3, 0.4) is 0 Å². The topological polar surface area (TPSA) is 50.4 Å². The predicted octanol–water partition coefficient (Wildman–Crippen LogP) is 4.57. The second kappa shape index (κ2) is 8.30. The minimum absolute atomic E-state index is 0.112. The molecule has 0 bridgehead atoms. The maximum Gasteiger partial charge on any atom is 0.319 e. The molecule has 27 heavy (non-hydrogen) atoms. The van der Waals surface area contributed by atoms with Crippen molar-refractivity contribution < 1.29 is 9.53 Å². The number of fused-ring (bicyclic) bond motifs is 1. The minimum Gasteiger partial charge on any atom is -0.491 e. The van der Waals surface area contributed by atoms with Gasteiger partial charge in [-0.3, -0.25) is 0 Å².